The molecule has 14 unspecified atom stereocenters. The second-order valence-corrected chi connectivity index (χ2v) is 20.7. The summed E-state index contributed by atoms with van der Waals surface area (Å²) in [5, 5.41) is 32.5. The monoisotopic (exact) mass is 813 g/mol. The van der Waals surface area contributed by atoms with Gasteiger partial charge in [0.1, 0.15) is 31.0 Å². The smallest absolute Gasteiger partial charge is 0.305 e. The molecule has 0 spiro atoms. The summed E-state index contributed by atoms with van der Waals surface area (Å²) in [6.07, 6.45) is 25.7. The van der Waals surface area contributed by atoms with E-state index in [0.29, 0.717) is 23.7 Å². The van der Waals surface area contributed by atoms with E-state index in [1.807, 2.05) is 0 Å². The molecule has 3 N–H and O–H groups in total. The van der Waals surface area contributed by atoms with E-state index >= 15 is 0 Å². The number of rotatable bonds is 24. The second kappa shape index (κ2) is 22.7. The Labute approximate surface area is 354 Å². The maximum absolute atomic E-state index is 12.6. The standard InChI is InChI=1S/C51H88O7/c1-8-10-11-12-13-14-15-16-17-18-19-20-21-22-45(52)56-34-44-46(53)47(54)48(55)49(58-44)57-39-29-31-50(6)38(33-39)25-26-40-42-28-27-41(51(42,7)32-30-43(40)50)36(5)23-24-37(9-2)35(3)4/h25,36-37,39-44,46-49,53-55H,3,8-24,26-34H2,1-2,4-7H3. The Balaban J connectivity index is 1.04. The maximum atomic E-state index is 12.6. The number of carbonyl (C=O) groups is 1. The van der Waals surface area contributed by atoms with Gasteiger partial charge < -0.3 is 29.5 Å². The summed E-state index contributed by atoms with van der Waals surface area (Å²) in [6, 6.07) is 0. The van der Waals surface area contributed by atoms with Crippen LogP contribution in [-0.2, 0) is 19.0 Å². The first-order chi connectivity index (χ1) is 27.8. The number of unbranched alkanes of at least 4 members (excludes halogenated alkanes) is 12. The van der Waals surface area contributed by atoms with E-state index in [-0.39, 0.29) is 24.1 Å². The zero-order valence-corrected chi connectivity index (χ0v) is 38.1. The number of ether oxygens (including phenoxy) is 3. The first-order valence-corrected chi connectivity index (χ1v) is 24.7. The zero-order chi connectivity index (χ0) is 41.9. The van der Waals surface area contributed by atoms with Gasteiger partial charge in [-0.3, -0.25) is 4.79 Å². The Hall–Kier alpha value is -1.25. The summed E-state index contributed by atoms with van der Waals surface area (Å²) in [5.41, 5.74) is 3.44. The minimum Gasteiger partial charge on any atom is -0.463 e. The van der Waals surface area contributed by atoms with Crippen molar-refractivity contribution in [2.75, 3.05) is 6.61 Å². The highest BCUT2D eigenvalue weighted by Crippen LogP contribution is 2.67. The Morgan fingerprint density at radius 3 is 2.14 bits per heavy atom. The van der Waals surface area contributed by atoms with Crippen molar-refractivity contribution in [1.29, 1.82) is 0 Å². The molecule has 4 fully saturated rings. The minimum absolute atomic E-state index is 0.145. The van der Waals surface area contributed by atoms with Gasteiger partial charge in [0.25, 0.3) is 0 Å². The molecule has 4 aliphatic carbocycles. The molecule has 1 aliphatic heterocycles. The number of aliphatic hydroxyl groups is 3. The molecular weight excluding hydrogens is 725 g/mol. The number of hydrogen-bond acceptors (Lipinski definition) is 7. The summed E-state index contributed by atoms with van der Waals surface area (Å²) < 4.78 is 18.0. The molecule has 5 aliphatic rings. The van der Waals surface area contributed by atoms with Crippen LogP contribution in [0.1, 0.15) is 202 Å². The Bertz CT molecular complexity index is 1300. The van der Waals surface area contributed by atoms with E-state index in [1.165, 1.54) is 120 Å². The third-order valence-corrected chi connectivity index (χ3v) is 16.9. The van der Waals surface area contributed by atoms with Crippen molar-refractivity contribution in [3.05, 3.63) is 23.8 Å². The van der Waals surface area contributed by atoms with Gasteiger partial charge in [0.15, 0.2) is 6.29 Å². The SMILES string of the molecule is C=C(C)C(CC)CCC(C)C1CCC2C3CC=C4CC(OC5OC(COC(=O)CCCCCCCCCCCCCCC)C(O)C(O)C5O)CCC4(C)C3CCC12C. The molecule has 58 heavy (non-hydrogen) atoms. The predicted octanol–water partition coefficient (Wildman–Crippen LogP) is 11.8. The van der Waals surface area contributed by atoms with E-state index in [1.54, 1.807) is 0 Å². The van der Waals surface area contributed by atoms with Crippen LogP contribution < -0.4 is 0 Å². The first kappa shape index (κ1) is 47.8. The minimum atomic E-state index is -1.44. The summed E-state index contributed by atoms with van der Waals surface area (Å²) in [6.45, 7) is 18.6. The van der Waals surface area contributed by atoms with Crippen LogP contribution in [0.5, 0.6) is 0 Å². The molecule has 0 radical (unpaired) electrons. The summed E-state index contributed by atoms with van der Waals surface area (Å²) >= 11 is 0. The van der Waals surface area contributed by atoms with Crippen molar-refractivity contribution in [3.63, 3.8) is 0 Å². The summed E-state index contributed by atoms with van der Waals surface area (Å²) in [5.74, 6) is 4.15. The zero-order valence-electron chi connectivity index (χ0n) is 38.1. The lowest BCUT2D eigenvalue weighted by Gasteiger charge is -2.58. The van der Waals surface area contributed by atoms with Crippen LogP contribution in [0.2, 0.25) is 0 Å². The fourth-order valence-electron chi connectivity index (χ4n) is 13.1. The van der Waals surface area contributed by atoms with E-state index in [9.17, 15) is 20.1 Å². The van der Waals surface area contributed by atoms with Crippen molar-refractivity contribution in [2.24, 2.45) is 46.3 Å². The van der Waals surface area contributed by atoms with Crippen molar-refractivity contribution in [2.45, 2.75) is 239 Å². The summed E-state index contributed by atoms with van der Waals surface area (Å²) in [7, 11) is 0. The fourth-order valence-corrected chi connectivity index (χ4v) is 13.1. The molecule has 0 aromatic rings. The lowest BCUT2D eigenvalue weighted by Crippen LogP contribution is -2.60. The molecule has 7 nitrogen and oxygen atoms in total. The van der Waals surface area contributed by atoms with Crippen LogP contribution >= 0.6 is 0 Å². The molecule has 5 rings (SSSR count). The lowest BCUT2D eigenvalue weighted by atomic mass is 9.47. The van der Waals surface area contributed by atoms with Crippen molar-refractivity contribution < 1.29 is 34.3 Å². The van der Waals surface area contributed by atoms with Gasteiger partial charge in [0, 0.05) is 6.42 Å². The fraction of sp³-hybridized carbons (Fsp3) is 0.902. The maximum Gasteiger partial charge on any atom is 0.305 e. The number of esters is 1. The van der Waals surface area contributed by atoms with Crippen LogP contribution in [0.4, 0.5) is 0 Å². The number of hydrogen-bond donors (Lipinski definition) is 3. The molecule has 0 aromatic carbocycles. The molecule has 334 valence electrons. The van der Waals surface area contributed by atoms with Gasteiger partial charge in [0.05, 0.1) is 6.10 Å². The van der Waals surface area contributed by atoms with Crippen molar-refractivity contribution >= 4 is 5.97 Å². The van der Waals surface area contributed by atoms with Gasteiger partial charge in [-0.25, -0.2) is 0 Å². The topological polar surface area (TPSA) is 105 Å². The predicted molar refractivity (Wildman–Crippen MR) is 235 cm³/mol. The molecule has 14 atom stereocenters. The van der Waals surface area contributed by atoms with Gasteiger partial charge in [-0.1, -0.05) is 135 Å². The molecule has 1 heterocycles. The second-order valence-electron chi connectivity index (χ2n) is 20.7. The van der Waals surface area contributed by atoms with Gasteiger partial charge in [0.2, 0.25) is 0 Å². The third-order valence-electron chi connectivity index (χ3n) is 16.9. The molecule has 0 bridgehead atoms. The van der Waals surface area contributed by atoms with E-state index < -0.39 is 30.7 Å². The van der Waals surface area contributed by atoms with Gasteiger partial charge >= 0.3 is 5.97 Å². The number of allylic oxidation sites excluding steroid dienone is 2. The van der Waals surface area contributed by atoms with E-state index in [0.717, 1.165) is 68.6 Å². The number of aliphatic hydroxyl groups excluding tert-OH is 3. The van der Waals surface area contributed by atoms with Gasteiger partial charge in [-0.15, -0.1) is 0 Å². The van der Waals surface area contributed by atoms with Gasteiger partial charge in [-0.05, 0) is 130 Å². The normalized spacial score (nSPS) is 36.9. The van der Waals surface area contributed by atoms with Crippen LogP contribution in [0.3, 0.4) is 0 Å². The van der Waals surface area contributed by atoms with Crippen LogP contribution in [0.15, 0.2) is 23.8 Å². The van der Waals surface area contributed by atoms with E-state index in [4.69, 9.17) is 14.2 Å². The number of carbonyl (C=O) groups excluding carboxylic acids is 1. The summed E-state index contributed by atoms with van der Waals surface area (Å²) in [4.78, 5) is 12.6. The van der Waals surface area contributed by atoms with Crippen LogP contribution in [0, 0.1) is 46.3 Å². The first-order valence-electron chi connectivity index (χ1n) is 24.7. The van der Waals surface area contributed by atoms with E-state index in [2.05, 4.69) is 54.2 Å². The average molecular weight is 813 g/mol. The van der Waals surface area contributed by atoms with Crippen LogP contribution in [-0.4, -0.2) is 64.7 Å². The molecular formula is C51H88O7. The third kappa shape index (κ3) is 11.8. The lowest BCUT2D eigenvalue weighted by molar-refractivity contribution is -0.313. The average Bonchev–Trinajstić information content (AvgIpc) is 3.56. The van der Waals surface area contributed by atoms with Crippen molar-refractivity contribution in [3.8, 4) is 0 Å². The largest absolute Gasteiger partial charge is 0.463 e. The van der Waals surface area contributed by atoms with Crippen LogP contribution in [0.25, 0.3) is 0 Å². The molecule has 3 saturated carbocycles. The molecule has 0 aromatic heterocycles. The van der Waals surface area contributed by atoms with Crippen molar-refractivity contribution in [1.82, 2.24) is 0 Å². The van der Waals surface area contributed by atoms with Gasteiger partial charge in [-0.2, -0.15) is 0 Å². The quantitative estimate of drug-likeness (QED) is 0.0506. The highest BCUT2D eigenvalue weighted by molar-refractivity contribution is 5.69. The number of fused-ring (bicyclic) bond motifs is 5. The Kier molecular flexibility index (Phi) is 18.7. The highest BCUT2D eigenvalue weighted by atomic mass is 16.7. The molecule has 1 saturated heterocycles. The molecule has 7 heteroatoms. The molecule has 0 amide bonds. The Morgan fingerprint density at radius 2 is 1.50 bits per heavy atom. The highest BCUT2D eigenvalue weighted by Gasteiger charge is 2.59. The Morgan fingerprint density at radius 1 is 0.845 bits per heavy atom.